The summed E-state index contributed by atoms with van der Waals surface area (Å²) in [7, 11) is -3.86. The van der Waals surface area contributed by atoms with Crippen molar-refractivity contribution < 1.29 is 86.2 Å². The molecule has 2 aliphatic rings. The molecule has 0 unspecified atom stereocenters. The molecule has 11 atom stereocenters. The normalized spacial score (nSPS) is 22.3. The third kappa shape index (κ3) is 43.0. The molecule has 2 heterocycles. The van der Waals surface area contributed by atoms with Crippen LogP contribution in [0.2, 0.25) is 0 Å². The van der Waals surface area contributed by atoms with Crippen molar-refractivity contribution in [2.75, 3.05) is 46.8 Å². The van der Waals surface area contributed by atoms with Gasteiger partial charge in [-0.1, -0.05) is 239 Å². The highest BCUT2D eigenvalue weighted by Gasteiger charge is 2.53. The van der Waals surface area contributed by atoms with E-state index in [1.807, 2.05) is 0 Å². The summed E-state index contributed by atoms with van der Waals surface area (Å²) in [4.78, 5) is 72.8. The van der Waals surface area contributed by atoms with E-state index in [2.05, 4.69) is 50.5 Å². The Labute approximate surface area is 556 Å². The molecule has 0 saturated carbocycles. The number of hydrogen-bond donors (Lipinski definition) is 6. The van der Waals surface area contributed by atoms with E-state index in [1.165, 1.54) is 136 Å². The summed E-state index contributed by atoms with van der Waals surface area (Å²) in [5.74, 6) is -2.79. The Morgan fingerprint density at radius 1 is 0.511 bits per heavy atom. The minimum absolute atomic E-state index is 0.0458. The number of methoxy groups -OCH3 is 1. The number of Topliss-reactive ketones (excluding diaryl/α,β-unsaturated/α-hetero) is 1. The van der Waals surface area contributed by atoms with Crippen molar-refractivity contribution >= 4 is 31.4 Å². The molecule has 92 heavy (non-hydrogen) atoms. The van der Waals surface area contributed by atoms with Crippen LogP contribution in [-0.4, -0.2) is 158 Å². The number of aliphatic hydroxyl groups is 1. The molecule has 0 aliphatic carbocycles. The molecule has 2 saturated heterocycles. The monoisotopic (exact) mass is 1330 g/mol. The number of carboxylic acids is 1. The number of ketones is 1. The third-order valence-electron chi connectivity index (χ3n) is 17.5. The third-order valence-corrected chi connectivity index (χ3v) is 18.0. The molecule has 0 spiro atoms. The number of phosphoric acid groups is 1. The van der Waals surface area contributed by atoms with E-state index in [9.17, 15) is 43.7 Å². The lowest BCUT2D eigenvalue weighted by Crippen LogP contribution is -2.67. The molecular weight excluding hydrogens is 1200 g/mol. The Balaban J connectivity index is 2.39. The van der Waals surface area contributed by atoms with Gasteiger partial charge in [-0.2, -0.15) is 0 Å². The van der Waals surface area contributed by atoms with Gasteiger partial charge in [-0.3, -0.25) is 18.9 Å². The average molecular weight is 1330 g/mol. The van der Waals surface area contributed by atoms with Crippen LogP contribution in [0.5, 0.6) is 0 Å². The SMILES string of the molecule is CCCCCC/C=C\CCCCCCO[C@H](CCCCCCCCCCC)CCO[C@@H]1[C@@H](NC(C)=O)[C@H](OC[C@H]2O[C@H](OCC(=O)O)[C@H](NC(=O)CC(=O)CCCCCCCCCCC)[C@@H](OCCCCCCCCCCCC)[C@@H]2O)O[C@H](COC)[C@H]1OP(=O)(O)O. The lowest BCUT2D eigenvalue weighted by molar-refractivity contribution is -0.308. The largest absolute Gasteiger partial charge is 0.480 e. The van der Waals surface area contributed by atoms with Crippen molar-refractivity contribution in [3.63, 3.8) is 0 Å². The van der Waals surface area contributed by atoms with Gasteiger partial charge in [0.2, 0.25) is 11.8 Å². The zero-order chi connectivity index (χ0) is 67.3. The molecule has 6 N–H and O–H groups in total. The maximum Gasteiger partial charge on any atom is 0.470 e. The number of aliphatic hydroxyl groups excluding tert-OH is 1. The van der Waals surface area contributed by atoms with Crippen LogP contribution in [0.1, 0.15) is 304 Å². The fraction of sp³-hybridized carbons (Fsp3) is 0.915. The molecule has 540 valence electrons. The maximum absolute atomic E-state index is 13.7. The summed E-state index contributed by atoms with van der Waals surface area (Å²) in [6, 6.07) is -2.53. The molecule has 0 aromatic rings. The van der Waals surface area contributed by atoms with Gasteiger partial charge in [0.05, 0.1) is 25.7 Å². The van der Waals surface area contributed by atoms with Crippen LogP contribution in [0.3, 0.4) is 0 Å². The number of carbonyl (C=O) groups excluding carboxylic acids is 3. The van der Waals surface area contributed by atoms with E-state index in [0.717, 1.165) is 116 Å². The Bertz CT molecular complexity index is 1900. The first-order valence-electron chi connectivity index (χ1n) is 36.8. The topological polar surface area (TPSA) is 273 Å². The number of aliphatic carboxylic acids is 1. The average Bonchev–Trinajstić information content (AvgIpc) is 0.816. The molecule has 2 amide bonds. The van der Waals surface area contributed by atoms with E-state index in [4.69, 9.17) is 42.4 Å². The molecule has 0 bridgehead atoms. The van der Waals surface area contributed by atoms with Gasteiger partial charge in [-0.15, -0.1) is 0 Å². The fourth-order valence-corrected chi connectivity index (χ4v) is 12.8. The van der Waals surface area contributed by atoms with Gasteiger partial charge in [0, 0.05) is 40.3 Å². The quantitative estimate of drug-likeness (QED) is 0.0143. The Morgan fingerprint density at radius 2 is 0.967 bits per heavy atom. The number of hydrogen-bond acceptors (Lipinski definition) is 15. The van der Waals surface area contributed by atoms with Gasteiger partial charge in [0.15, 0.2) is 12.6 Å². The van der Waals surface area contributed by atoms with Crippen molar-refractivity contribution in [3.8, 4) is 0 Å². The van der Waals surface area contributed by atoms with Crippen molar-refractivity contribution in [1.29, 1.82) is 0 Å². The number of phosphoric ester groups is 1. The lowest BCUT2D eigenvalue weighted by atomic mass is 9.95. The molecule has 20 nitrogen and oxygen atoms in total. The molecule has 0 aromatic carbocycles. The smallest absolute Gasteiger partial charge is 0.470 e. The molecule has 0 aromatic heterocycles. The molecule has 2 fully saturated rings. The first kappa shape index (κ1) is 85.7. The van der Waals surface area contributed by atoms with Crippen molar-refractivity contribution in [2.45, 2.75) is 372 Å². The number of rotatable bonds is 63. The zero-order valence-corrected chi connectivity index (χ0v) is 59.3. The van der Waals surface area contributed by atoms with Crippen LogP contribution in [0.15, 0.2) is 12.2 Å². The summed E-state index contributed by atoms with van der Waals surface area (Å²) < 4.78 is 68.2. The second-order valence-corrected chi connectivity index (χ2v) is 27.2. The highest BCUT2D eigenvalue weighted by molar-refractivity contribution is 7.46. The van der Waals surface area contributed by atoms with E-state index in [0.29, 0.717) is 25.9 Å². The van der Waals surface area contributed by atoms with Crippen LogP contribution in [0.4, 0.5) is 0 Å². The minimum Gasteiger partial charge on any atom is -0.480 e. The Morgan fingerprint density at radius 3 is 1.49 bits per heavy atom. The molecule has 2 rings (SSSR count). The number of carbonyl (C=O) groups is 4. The first-order chi connectivity index (χ1) is 44.6. The maximum atomic E-state index is 13.7. The summed E-state index contributed by atoms with van der Waals surface area (Å²) in [6.45, 7) is 9.31. The van der Waals surface area contributed by atoms with E-state index >= 15 is 0 Å². The van der Waals surface area contributed by atoms with Crippen molar-refractivity contribution in [2.24, 2.45) is 0 Å². The number of unbranched alkanes of at least 4 members (excludes halogenated alkanes) is 33. The number of allylic oxidation sites excluding steroid dienone is 2. The minimum atomic E-state index is -5.24. The van der Waals surface area contributed by atoms with Gasteiger partial charge in [0.25, 0.3) is 0 Å². The van der Waals surface area contributed by atoms with Gasteiger partial charge in [0.1, 0.15) is 61.1 Å². The van der Waals surface area contributed by atoms with Gasteiger partial charge in [-0.25, -0.2) is 9.36 Å². The Hall–Kier alpha value is -2.43. The number of nitrogens with one attached hydrogen (secondary N) is 2. The standard InChI is InChI=1S/C71H133N2O18P/c1-7-11-15-19-23-27-29-30-34-37-41-45-50-84-59(48-44-40-36-32-26-22-18-14-10-4)49-52-86-69-65(72-57(5)74)71(90-61(54-83-6)67(69)91-92(80,81)82)87-55-60-66(79)68(85-51-46-42-38-33-28-24-20-16-12-8-2)64(70(89-60)88-56-63(77)78)73-62(76)53-58(75)47-43-39-35-31-25-21-17-13-9-3/h27,29,59-61,64-71,79H,7-26,28,30-56H2,1-6H3,(H,72,74)(H,73,76)(H,77,78)(H2,80,81,82)/b29-27-/t59-,60-,61-,64-,65-,66-,67-,68-,69-,70+,71-/m1/s1. The van der Waals surface area contributed by atoms with E-state index < -0.39 is 107 Å². The molecule has 0 radical (unpaired) electrons. The van der Waals surface area contributed by atoms with Crippen LogP contribution in [-0.2, 0) is 66.2 Å². The van der Waals surface area contributed by atoms with Crippen LogP contribution >= 0.6 is 7.82 Å². The predicted octanol–water partition coefficient (Wildman–Crippen LogP) is 14.8. The van der Waals surface area contributed by atoms with Crippen molar-refractivity contribution in [3.05, 3.63) is 12.2 Å². The van der Waals surface area contributed by atoms with Crippen LogP contribution in [0.25, 0.3) is 0 Å². The number of ether oxygens (including phenoxy) is 8. The predicted molar refractivity (Wildman–Crippen MR) is 361 cm³/mol. The lowest BCUT2D eigenvalue weighted by Gasteiger charge is -2.47. The second-order valence-electron chi connectivity index (χ2n) is 26.0. The van der Waals surface area contributed by atoms with Gasteiger partial charge in [-0.05, 0) is 57.8 Å². The van der Waals surface area contributed by atoms with Crippen LogP contribution < -0.4 is 10.6 Å². The van der Waals surface area contributed by atoms with Gasteiger partial charge < -0.3 is 68.5 Å². The highest BCUT2D eigenvalue weighted by atomic mass is 31.2. The first-order valence-corrected chi connectivity index (χ1v) is 38.4. The van der Waals surface area contributed by atoms with E-state index in [-0.39, 0.29) is 38.1 Å². The van der Waals surface area contributed by atoms with Crippen molar-refractivity contribution in [1.82, 2.24) is 10.6 Å². The summed E-state index contributed by atoms with van der Waals surface area (Å²) in [5, 5.41) is 27.7. The van der Waals surface area contributed by atoms with Gasteiger partial charge >= 0.3 is 13.8 Å². The molecule has 2 aliphatic heterocycles. The summed E-state index contributed by atoms with van der Waals surface area (Å²) in [5.41, 5.74) is 0. The number of amides is 2. The van der Waals surface area contributed by atoms with Crippen LogP contribution in [0, 0.1) is 0 Å². The highest BCUT2D eigenvalue weighted by Crippen LogP contribution is 2.43. The fourth-order valence-electron chi connectivity index (χ4n) is 12.3. The Kier molecular flexibility index (Phi) is 52.7. The summed E-state index contributed by atoms with van der Waals surface area (Å²) in [6.07, 6.45) is 36.8. The molecular formula is C71H133N2O18P. The zero-order valence-electron chi connectivity index (χ0n) is 58.4. The molecule has 21 heteroatoms. The second kappa shape index (κ2) is 56.6. The van der Waals surface area contributed by atoms with E-state index in [1.54, 1.807) is 0 Å². The number of carboxylic acid groups (broad SMARTS) is 1. The summed E-state index contributed by atoms with van der Waals surface area (Å²) >= 11 is 0.